The van der Waals surface area contributed by atoms with Crippen molar-refractivity contribution < 1.29 is 110 Å². The smallest absolute Gasteiger partial charge is 0.287 e. The predicted molar refractivity (Wildman–Crippen MR) is 621 cm³/mol. The second-order valence-electron chi connectivity index (χ2n) is 45.1. The number of para-hydroxylation sites is 4. The molecule has 0 bridgehead atoms. The van der Waals surface area contributed by atoms with E-state index in [2.05, 4.69) is 315 Å². The summed E-state index contributed by atoms with van der Waals surface area (Å²) in [5, 5.41) is 8.43. The summed E-state index contributed by atoms with van der Waals surface area (Å²) in [7, 11) is 0. The number of rotatable bonds is 80. The van der Waals surface area contributed by atoms with Crippen molar-refractivity contribution in [2.45, 2.75) is 585 Å². The van der Waals surface area contributed by atoms with E-state index in [1.165, 1.54) is 458 Å². The van der Waals surface area contributed by atoms with Crippen LogP contribution in [-0.2, 0) is 35.9 Å². The van der Waals surface area contributed by atoms with Gasteiger partial charge in [-0.05, 0) is 249 Å². The summed E-state index contributed by atoms with van der Waals surface area (Å²) in [4.78, 5) is 11.2. The number of hydrogen-bond donors (Lipinski definition) is 0. The van der Waals surface area contributed by atoms with Crippen LogP contribution in [0.2, 0.25) is 0 Å². The highest BCUT2D eigenvalue weighted by atomic mass is 79.9. The highest BCUT2D eigenvalue weighted by Gasteiger charge is 2.26. The van der Waals surface area contributed by atoms with E-state index in [1.807, 2.05) is 0 Å². The molecule has 0 aliphatic rings. The maximum atomic E-state index is 8.64. The lowest BCUT2D eigenvalue weighted by molar-refractivity contribution is -0.692. The van der Waals surface area contributed by atoms with Crippen LogP contribution in [0.5, 0.6) is 5.75 Å². The molecule has 14 nitrogen and oxygen atoms in total. The molecule has 10 aromatic rings. The van der Waals surface area contributed by atoms with E-state index in [-0.39, 0.29) is 74.4 Å². The molecule has 5 aromatic carbocycles. The van der Waals surface area contributed by atoms with E-state index in [4.69, 9.17) is 14.8 Å². The van der Waals surface area contributed by atoms with Gasteiger partial charge in [0.05, 0.1) is 69.0 Å². The second kappa shape index (κ2) is 85.3. The zero-order valence-corrected chi connectivity index (χ0v) is 104. The first-order valence-corrected chi connectivity index (χ1v) is 61.2. The number of imidazole rings is 5. The van der Waals surface area contributed by atoms with E-state index < -0.39 is 0 Å². The van der Waals surface area contributed by atoms with Gasteiger partial charge in [0.1, 0.15) is 5.75 Å². The summed E-state index contributed by atoms with van der Waals surface area (Å²) in [5.41, 5.74) is 19.7. The molecule has 0 saturated carbocycles. The van der Waals surface area contributed by atoms with Gasteiger partial charge in [0.15, 0.2) is 55.2 Å². The number of benzene rings is 5. The van der Waals surface area contributed by atoms with Gasteiger partial charge >= 0.3 is 0 Å². The van der Waals surface area contributed by atoms with Crippen LogP contribution in [0.1, 0.15) is 570 Å². The number of aromatic nitrogens is 10. The highest BCUT2D eigenvalue weighted by molar-refractivity contribution is 5.81. The van der Waals surface area contributed by atoms with Crippen molar-refractivity contribution in [1.82, 2.24) is 22.8 Å². The van der Waals surface area contributed by atoms with Gasteiger partial charge in [-0.2, -0.15) is 0 Å². The van der Waals surface area contributed by atoms with Gasteiger partial charge in [-0.3, -0.25) is 4.79 Å². The molecule has 844 valence electrons. The maximum absolute atomic E-state index is 8.64. The van der Waals surface area contributed by atoms with Crippen LogP contribution in [0.25, 0.3) is 66.3 Å². The van der Waals surface area contributed by atoms with Crippen molar-refractivity contribution in [3.8, 4) is 5.75 Å². The van der Waals surface area contributed by atoms with Gasteiger partial charge < -0.3 is 82.8 Å². The standard InChI is InChI=1S/C73H126N4.C32H48N4.C25H43N2O.CH2O3.4BrH/c1-9-13-17-21-25-29-33-37-41-45-50-66(51-46-42-38-34-30-26-22-18-14-10-2)68-54-56-70-72(60-68)74(62-76(70)64(5)6)58-49-59-75-63-77(65(7)8)71-57-55-69(61-73(71)75)67(52-47-43-39-35-31-27-23-19-15-11-3)53-48-44-40-36-32-28-24-20-16-12-4;1-27(2)35-25-33(29-19-13-15-21-31(29)35)23-17-11-9-7-5-6-8-10-12-18-24-34-26-36(28(3)4)32-22-16-14-20-30(32)34;1-6-7-8-9-10-11-12-13-14-15-18-28-23-16-17-24-25(19-23)27(22(4)5)20-26(24)21(2)3;2-1-4-3;;;;/h50,52,54-57,60-65H,9-49,51,53,58-59H2,1-8H3;13-16,19-22,25-28H,5-12,17-18,23-24H2,1-4H3;16-17,19-22H,6-15,18H2,1-5H3;1,3H;4*1H/q2*+2;+1;;;;;/p-5/b66-50+,67-52+;;;;;;;. The fourth-order valence-electron chi connectivity index (χ4n) is 21.7. The average molecular weight is 2320 g/mol. The van der Waals surface area contributed by atoms with Crippen LogP contribution in [0.4, 0.5) is 0 Å². The van der Waals surface area contributed by atoms with Crippen LogP contribution in [0.3, 0.4) is 0 Å². The number of hydrogen-bond acceptors (Lipinski definition) is 4. The molecule has 5 heterocycles. The van der Waals surface area contributed by atoms with E-state index in [0.29, 0.717) is 36.3 Å². The first-order chi connectivity index (χ1) is 70.8. The Morgan fingerprint density at radius 2 is 0.564 bits per heavy atom. The van der Waals surface area contributed by atoms with Gasteiger partial charge in [0.25, 0.3) is 6.47 Å². The predicted octanol–water partition coefficient (Wildman–Crippen LogP) is 25.4. The Balaban J connectivity index is 0.000000648. The minimum Gasteiger partial charge on any atom is -1.00 e. The number of unbranched alkanes of at least 4 members (excludes halogenated alkanes) is 54. The number of ether oxygens (including phenoxy) is 1. The lowest BCUT2D eigenvalue weighted by atomic mass is 9.96. The summed E-state index contributed by atoms with van der Waals surface area (Å²) >= 11 is 0. The quantitative estimate of drug-likeness (QED) is 0.0125. The van der Waals surface area contributed by atoms with E-state index in [0.717, 1.165) is 51.4 Å². The summed E-state index contributed by atoms with van der Waals surface area (Å²) in [5.74, 6) is 0.999. The third-order valence-corrected chi connectivity index (χ3v) is 30.6. The molecule has 5 aromatic heterocycles. The molecule has 0 aliphatic heterocycles. The Kier molecular flexibility index (Phi) is 78.6. The normalized spacial score (nSPS) is 11.8. The summed E-state index contributed by atoms with van der Waals surface area (Å²) in [6.45, 7) is 43.9. The van der Waals surface area contributed by atoms with Crippen molar-refractivity contribution in [3.05, 3.63) is 158 Å². The highest BCUT2D eigenvalue weighted by Crippen LogP contribution is 2.33. The molecule has 149 heavy (non-hydrogen) atoms. The number of fused-ring (bicyclic) bond motifs is 5. The number of aryl methyl sites for hydroxylation is 4. The number of nitrogens with zero attached hydrogens (tertiary/aromatic N) is 10. The Hall–Kier alpha value is -5.92. The Morgan fingerprint density at radius 1 is 0.289 bits per heavy atom. The van der Waals surface area contributed by atoms with E-state index >= 15 is 0 Å². The zero-order valence-electron chi connectivity index (χ0n) is 98.1. The van der Waals surface area contributed by atoms with E-state index in [1.54, 1.807) is 11.1 Å². The van der Waals surface area contributed by atoms with Crippen LogP contribution in [-0.4, -0.2) is 35.9 Å². The van der Waals surface area contributed by atoms with Gasteiger partial charge in [-0.15, -0.1) is 0 Å². The van der Waals surface area contributed by atoms with Crippen molar-refractivity contribution in [1.29, 1.82) is 0 Å². The largest absolute Gasteiger partial charge is 1.00 e. The fraction of sp³-hybridized carbons (Fsp3) is 0.695. The van der Waals surface area contributed by atoms with Crippen molar-refractivity contribution >= 4 is 72.8 Å². The molecule has 18 heteroatoms. The van der Waals surface area contributed by atoms with Crippen LogP contribution in [0, 0.1) is 0 Å². The molecule has 0 N–H and O–H groups in total. The molecular formula is C131H218Br4N10O4. The molecular weight excluding hydrogens is 2100 g/mol. The van der Waals surface area contributed by atoms with Crippen LogP contribution >= 0.6 is 0 Å². The third-order valence-electron chi connectivity index (χ3n) is 30.6. The summed E-state index contributed by atoms with van der Waals surface area (Å²) in [6.07, 6.45) is 103. The number of halogens is 4. The molecule has 0 saturated heterocycles. The summed E-state index contributed by atoms with van der Waals surface area (Å²) < 4.78 is 30.7. The van der Waals surface area contributed by atoms with Crippen LogP contribution < -0.4 is 101 Å². The molecule has 0 fully saturated rings. The van der Waals surface area contributed by atoms with Crippen molar-refractivity contribution in [2.24, 2.45) is 0 Å². The minimum atomic E-state index is -0.181. The lowest BCUT2D eigenvalue weighted by Crippen LogP contribution is -3.00. The maximum Gasteiger partial charge on any atom is 0.287 e. The topological polar surface area (TPSA) is 103 Å². The Bertz CT molecular complexity index is 4820. The first-order valence-electron chi connectivity index (χ1n) is 61.2. The second-order valence-corrected chi connectivity index (χ2v) is 45.1. The Morgan fingerprint density at radius 3 is 0.879 bits per heavy atom. The molecule has 0 amide bonds. The van der Waals surface area contributed by atoms with Crippen molar-refractivity contribution in [3.63, 3.8) is 0 Å². The monoisotopic (exact) mass is 2310 g/mol. The number of carbonyl (C=O) groups excluding carboxylic acids is 1. The van der Waals surface area contributed by atoms with Crippen LogP contribution in [0.15, 0.2) is 147 Å². The van der Waals surface area contributed by atoms with Gasteiger partial charge in [-0.1, -0.05) is 398 Å². The first kappa shape index (κ1) is 137. The van der Waals surface area contributed by atoms with Gasteiger partial charge in [0.2, 0.25) is 31.6 Å². The van der Waals surface area contributed by atoms with Gasteiger partial charge in [0, 0.05) is 12.5 Å². The SMILES string of the molecule is CC(C)n1c[n+](CCCCCCCCCCCC[n+]2cn(C(C)C)c3ccccc32)c2ccccc21.CCCCCCCCCCC/C=C(\CCCCCCCCCCCC)c1ccc2c(c1)n(CCCn1c[n+](C(C)C)c3ccc(/C(=C/CCCCCCCCCCC)CCCCCCCCCCCC)cc31)c[n+]2C(C)C.CCCCCCCCCCCCOc1ccc2c(c1)n(C(C)C)c[n+]2C(C)C.O=CO[O-].[Br-].[Br-].[Br-].[Br-]. The summed E-state index contributed by atoms with van der Waals surface area (Å²) in [6, 6.07) is 41.9. The van der Waals surface area contributed by atoms with Crippen molar-refractivity contribution in [2.75, 3.05) is 6.61 Å². The van der Waals surface area contributed by atoms with Gasteiger partial charge in [-0.25, -0.2) is 45.7 Å². The zero-order chi connectivity index (χ0) is 104. The molecule has 0 atom stereocenters. The molecule has 0 aliphatic carbocycles. The lowest BCUT2D eigenvalue weighted by Gasteiger charge is -2.10. The third kappa shape index (κ3) is 52.7. The minimum absolute atomic E-state index is 0. The molecule has 0 unspecified atom stereocenters. The Labute approximate surface area is 953 Å². The molecule has 0 spiro atoms. The fourth-order valence-corrected chi connectivity index (χ4v) is 21.7. The number of allylic oxidation sites excluding steroid dienone is 4. The van der Waals surface area contributed by atoms with E-state index in [9.17, 15) is 0 Å². The molecule has 0 radical (unpaired) electrons. The number of carbonyl (C=O) groups is 1. The average Bonchev–Trinajstić information content (AvgIpc) is 1.64. The molecule has 10 rings (SSSR count).